The highest BCUT2D eigenvalue weighted by atomic mass is 19.4. The van der Waals surface area contributed by atoms with E-state index in [9.17, 15) is 32.9 Å². The lowest BCUT2D eigenvalue weighted by atomic mass is 9.91. The molecule has 0 saturated carbocycles. The molecule has 0 fully saturated rings. The Morgan fingerprint density at radius 2 is 1.93 bits per heavy atom. The predicted octanol–water partition coefficient (Wildman–Crippen LogP) is 2.16. The quantitative estimate of drug-likeness (QED) is 0.391. The third-order valence-corrected chi connectivity index (χ3v) is 4.14. The summed E-state index contributed by atoms with van der Waals surface area (Å²) < 4.78 is 45.3. The van der Waals surface area contributed by atoms with Crippen LogP contribution in [0.1, 0.15) is 34.5 Å². The van der Waals surface area contributed by atoms with Crippen molar-refractivity contribution in [2.45, 2.75) is 25.1 Å². The Morgan fingerprint density at radius 1 is 1.30 bits per heavy atom. The molecule has 2 rings (SSSR count). The fourth-order valence-corrected chi connectivity index (χ4v) is 2.90. The van der Waals surface area contributed by atoms with Gasteiger partial charge < -0.3 is 10.1 Å². The molecule has 1 aromatic carbocycles. The second kappa shape index (κ2) is 9.37. The first-order valence-corrected chi connectivity index (χ1v) is 8.79. The second-order valence-corrected chi connectivity index (χ2v) is 6.30. The van der Waals surface area contributed by atoms with Gasteiger partial charge in [0.25, 0.3) is 5.91 Å². The smallest absolute Gasteiger partial charge is 0.435 e. The molecule has 1 heterocycles. The maximum Gasteiger partial charge on any atom is 0.435 e. The summed E-state index contributed by atoms with van der Waals surface area (Å²) in [7, 11) is 1.20. The standard InChI is InChI=1S/C18H19F3N4O5/c1-3-30-17(27)14(12(10-25(28)29)11-7-5-4-6-8-11)22-16(26)13-9-24(2)23-15(13)18(19,20)21/h4-9,12,14H,3,10H2,1-2H3,(H,22,26)/t12-,14+/m1/s1. The molecule has 0 saturated heterocycles. The van der Waals surface area contributed by atoms with Crippen LogP contribution >= 0.6 is 0 Å². The number of carbonyl (C=O) groups is 2. The molecule has 0 radical (unpaired) electrons. The van der Waals surface area contributed by atoms with Gasteiger partial charge in [0, 0.05) is 18.2 Å². The van der Waals surface area contributed by atoms with Crippen LogP contribution in [0.5, 0.6) is 0 Å². The average Bonchev–Trinajstić information content (AvgIpc) is 3.07. The normalized spacial score (nSPS) is 13.4. The van der Waals surface area contributed by atoms with E-state index in [1.807, 2.05) is 0 Å². The van der Waals surface area contributed by atoms with Crippen molar-refractivity contribution < 1.29 is 32.4 Å². The Balaban J connectivity index is 2.45. The summed E-state index contributed by atoms with van der Waals surface area (Å²) in [6, 6.07) is 6.24. The third kappa shape index (κ3) is 5.55. The van der Waals surface area contributed by atoms with Gasteiger partial charge in [-0.05, 0) is 12.5 Å². The zero-order chi connectivity index (χ0) is 22.5. The summed E-state index contributed by atoms with van der Waals surface area (Å²) in [4.78, 5) is 35.6. The molecule has 12 heteroatoms. The number of ether oxygens (including phenoxy) is 1. The minimum Gasteiger partial charge on any atom is -0.464 e. The van der Waals surface area contributed by atoms with E-state index in [0.29, 0.717) is 5.56 Å². The number of hydrogen-bond acceptors (Lipinski definition) is 6. The maximum absolute atomic E-state index is 13.2. The van der Waals surface area contributed by atoms with E-state index in [2.05, 4.69) is 10.4 Å². The van der Waals surface area contributed by atoms with Crippen LogP contribution in [0.15, 0.2) is 36.5 Å². The molecule has 0 aliphatic rings. The van der Waals surface area contributed by atoms with Gasteiger partial charge in [0.15, 0.2) is 5.69 Å². The van der Waals surface area contributed by atoms with Gasteiger partial charge in [-0.3, -0.25) is 19.6 Å². The number of carbonyl (C=O) groups excluding carboxylic acids is 2. The second-order valence-electron chi connectivity index (χ2n) is 6.30. The number of amides is 1. The molecule has 9 nitrogen and oxygen atoms in total. The number of aromatic nitrogens is 2. The number of halogens is 3. The van der Waals surface area contributed by atoms with Crippen molar-refractivity contribution in [1.29, 1.82) is 0 Å². The molecule has 0 spiro atoms. The van der Waals surface area contributed by atoms with Crippen LogP contribution in [0.4, 0.5) is 13.2 Å². The fourth-order valence-electron chi connectivity index (χ4n) is 2.90. The minimum atomic E-state index is -4.91. The summed E-state index contributed by atoms with van der Waals surface area (Å²) in [6.07, 6.45) is -4.06. The monoisotopic (exact) mass is 428 g/mol. The van der Waals surface area contributed by atoms with Gasteiger partial charge in [0.1, 0.15) is 6.04 Å². The molecular weight excluding hydrogens is 409 g/mol. The Hall–Kier alpha value is -3.44. The first kappa shape index (κ1) is 22.8. The van der Waals surface area contributed by atoms with Crippen LogP contribution in [0.3, 0.4) is 0 Å². The topological polar surface area (TPSA) is 116 Å². The number of nitrogens with one attached hydrogen (secondary N) is 1. The largest absolute Gasteiger partial charge is 0.464 e. The van der Waals surface area contributed by atoms with Gasteiger partial charge in [0.2, 0.25) is 6.54 Å². The van der Waals surface area contributed by atoms with Crippen LogP contribution in [-0.4, -0.2) is 45.8 Å². The molecular formula is C18H19F3N4O5. The molecule has 0 unspecified atom stereocenters. The van der Waals surface area contributed by atoms with Crippen LogP contribution < -0.4 is 5.32 Å². The van der Waals surface area contributed by atoms with Crippen molar-refractivity contribution >= 4 is 11.9 Å². The lowest BCUT2D eigenvalue weighted by Crippen LogP contribution is -2.48. The maximum atomic E-state index is 13.2. The van der Waals surface area contributed by atoms with Crippen LogP contribution in [-0.2, 0) is 22.8 Å². The summed E-state index contributed by atoms with van der Waals surface area (Å²) >= 11 is 0. The molecule has 0 aliphatic carbocycles. The number of esters is 1. The van der Waals surface area contributed by atoms with Crippen molar-refractivity contribution in [3.8, 4) is 0 Å². The van der Waals surface area contributed by atoms with E-state index >= 15 is 0 Å². The first-order valence-electron chi connectivity index (χ1n) is 8.79. The molecule has 30 heavy (non-hydrogen) atoms. The van der Waals surface area contributed by atoms with E-state index in [1.165, 1.54) is 26.1 Å². The van der Waals surface area contributed by atoms with Crippen LogP contribution in [0.25, 0.3) is 0 Å². The van der Waals surface area contributed by atoms with E-state index in [1.54, 1.807) is 18.2 Å². The van der Waals surface area contributed by atoms with E-state index in [4.69, 9.17) is 4.74 Å². The SMILES string of the molecule is CCOC(=O)[C@@H](NC(=O)c1cn(C)nc1C(F)(F)F)[C@H](C[N+](=O)[O-])c1ccccc1. The molecule has 0 aliphatic heterocycles. The Bertz CT molecular complexity index is 914. The van der Waals surface area contributed by atoms with Crippen molar-refractivity contribution in [2.75, 3.05) is 13.2 Å². The molecule has 1 N–H and O–H groups in total. The van der Waals surface area contributed by atoms with Gasteiger partial charge in [0.05, 0.1) is 18.1 Å². The van der Waals surface area contributed by atoms with Gasteiger partial charge >= 0.3 is 12.1 Å². The van der Waals surface area contributed by atoms with Crippen molar-refractivity contribution in [2.24, 2.45) is 7.05 Å². The number of hydrogen-bond donors (Lipinski definition) is 1. The summed E-state index contributed by atoms with van der Waals surface area (Å²) in [5.41, 5.74) is -1.90. The van der Waals surface area contributed by atoms with Crippen LogP contribution in [0, 0.1) is 10.1 Å². The van der Waals surface area contributed by atoms with E-state index < -0.39 is 52.7 Å². The zero-order valence-electron chi connectivity index (χ0n) is 16.0. The van der Waals surface area contributed by atoms with Gasteiger partial charge in [-0.2, -0.15) is 18.3 Å². The van der Waals surface area contributed by atoms with Crippen LogP contribution in [0.2, 0.25) is 0 Å². The average molecular weight is 428 g/mol. The lowest BCUT2D eigenvalue weighted by molar-refractivity contribution is -0.483. The third-order valence-electron chi connectivity index (χ3n) is 4.14. The Morgan fingerprint density at radius 3 is 2.47 bits per heavy atom. The predicted molar refractivity (Wildman–Crippen MR) is 97.1 cm³/mol. The highest BCUT2D eigenvalue weighted by molar-refractivity contribution is 5.98. The number of benzene rings is 1. The number of nitro groups is 1. The summed E-state index contributed by atoms with van der Waals surface area (Å²) in [5, 5.41) is 16.6. The lowest BCUT2D eigenvalue weighted by Gasteiger charge is -2.24. The fraction of sp³-hybridized carbons (Fsp3) is 0.389. The van der Waals surface area contributed by atoms with Crippen molar-refractivity contribution in [3.05, 3.63) is 63.5 Å². The number of nitrogens with zero attached hydrogens (tertiary/aromatic N) is 3. The highest BCUT2D eigenvalue weighted by Crippen LogP contribution is 2.31. The van der Waals surface area contributed by atoms with Crippen molar-refractivity contribution in [1.82, 2.24) is 15.1 Å². The molecule has 1 aromatic heterocycles. The molecule has 2 atom stereocenters. The number of rotatable bonds is 8. The molecule has 162 valence electrons. The van der Waals surface area contributed by atoms with E-state index in [0.717, 1.165) is 10.9 Å². The number of alkyl halides is 3. The molecule has 1 amide bonds. The van der Waals surface area contributed by atoms with Gasteiger partial charge in [-0.25, -0.2) is 4.79 Å². The minimum absolute atomic E-state index is 0.0914. The van der Waals surface area contributed by atoms with Gasteiger partial charge in [-0.15, -0.1) is 0 Å². The first-order chi connectivity index (χ1) is 14.0. The Labute approximate surface area is 169 Å². The zero-order valence-corrected chi connectivity index (χ0v) is 16.0. The Kier molecular flexibility index (Phi) is 7.14. The molecule has 2 aromatic rings. The van der Waals surface area contributed by atoms with Gasteiger partial charge in [-0.1, -0.05) is 30.3 Å². The summed E-state index contributed by atoms with van der Waals surface area (Å²) in [6.45, 7) is 0.642. The van der Waals surface area contributed by atoms with E-state index in [-0.39, 0.29) is 6.61 Å². The molecule has 0 bridgehead atoms. The number of aryl methyl sites for hydroxylation is 1. The highest BCUT2D eigenvalue weighted by Gasteiger charge is 2.41. The summed E-state index contributed by atoms with van der Waals surface area (Å²) in [5.74, 6) is -3.42. The van der Waals surface area contributed by atoms with Crippen molar-refractivity contribution in [3.63, 3.8) is 0 Å².